The number of halogens is 1. The van der Waals surface area contributed by atoms with Crippen LogP contribution in [0, 0.1) is 0 Å². The second kappa shape index (κ2) is 4.85. The van der Waals surface area contributed by atoms with Crippen molar-refractivity contribution in [3.63, 3.8) is 0 Å². The quantitative estimate of drug-likeness (QED) is 0.596. The second-order valence-corrected chi connectivity index (χ2v) is 3.79. The molecule has 1 amide bonds. The Balaban J connectivity index is 2.75. The van der Waals surface area contributed by atoms with E-state index >= 15 is 0 Å². The minimum absolute atomic E-state index is 0.339. The molecule has 0 radical (unpaired) electrons. The van der Waals surface area contributed by atoms with Crippen molar-refractivity contribution >= 4 is 28.2 Å². The van der Waals surface area contributed by atoms with Crippen molar-refractivity contribution in [2.24, 2.45) is 4.99 Å². The van der Waals surface area contributed by atoms with Gasteiger partial charge in [-0.05, 0) is 28.1 Å². The summed E-state index contributed by atoms with van der Waals surface area (Å²) in [6.45, 7) is 0. The molecular weight excluding hydrogens is 246 g/mol. The highest BCUT2D eigenvalue weighted by Crippen LogP contribution is 2.07. The van der Waals surface area contributed by atoms with Gasteiger partial charge < -0.3 is 4.90 Å². The fraction of sp³-hybridized carbons (Fsp3) is 0.222. The van der Waals surface area contributed by atoms with Crippen LogP contribution in [0.15, 0.2) is 27.8 Å². The van der Waals surface area contributed by atoms with Crippen molar-refractivity contribution in [1.29, 1.82) is 0 Å². The van der Waals surface area contributed by atoms with Crippen LogP contribution in [-0.2, 0) is 0 Å². The second-order valence-electron chi connectivity index (χ2n) is 2.87. The van der Waals surface area contributed by atoms with Crippen molar-refractivity contribution in [2.45, 2.75) is 0 Å². The molecule has 1 rings (SSSR count). The summed E-state index contributed by atoms with van der Waals surface area (Å²) in [5, 5.41) is 0. The number of hydrogen-bond donors (Lipinski definition) is 0. The highest BCUT2D eigenvalue weighted by atomic mass is 79.9. The average molecular weight is 256 g/mol. The molecule has 0 fully saturated rings. The van der Waals surface area contributed by atoms with Gasteiger partial charge in [0.05, 0.1) is 6.34 Å². The standard InChI is InChI=1S/C9H10BrN3O/c1-13(2)6-12-9(14)8-4-3-7(10)5-11-8/h3-6H,1-2H3. The number of nitrogens with zero attached hydrogens (tertiary/aromatic N) is 3. The third kappa shape index (κ3) is 3.26. The molecule has 14 heavy (non-hydrogen) atoms. The van der Waals surface area contributed by atoms with E-state index in [1.807, 2.05) is 0 Å². The van der Waals surface area contributed by atoms with Crippen molar-refractivity contribution in [3.05, 3.63) is 28.5 Å². The van der Waals surface area contributed by atoms with Gasteiger partial charge in [0.2, 0.25) is 0 Å². The zero-order valence-corrected chi connectivity index (χ0v) is 9.52. The van der Waals surface area contributed by atoms with Crippen LogP contribution in [0.25, 0.3) is 0 Å². The normalized spacial score (nSPS) is 10.5. The van der Waals surface area contributed by atoms with Crippen LogP contribution in [0.3, 0.4) is 0 Å². The van der Waals surface area contributed by atoms with Crippen LogP contribution in [0.5, 0.6) is 0 Å². The Morgan fingerprint density at radius 3 is 2.79 bits per heavy atom. The summed E-state index contributed by atoms with van der Waals surface area (Å²) < 4.78 is 0.839. The van der Waals surface area contributed by atoms with Gasteiger partial charge >= 0.3 is 0 Å². The number of hydrogen-bond acceptors (Lipinski definition) is 2. The third-order valence-electron chi connectivity index (χ3n) is 1.35. The minimum Gasteiger partial charge on any atom is -0.369 e. The Labute approximate surface area is 90.8 Å². The van der Waals surface area contributed by atoms with Crippen LogP contribution in [0.4, 0.5) is 0 Å². The summed E-state index contributed by atoms with van der Waals surface area (Å²) in [6, 6.07) is 3.38. The molecule has 1 heterocycles. The Morgan fingerprint density at radius 2 is 2.29 bits per heavy atom. The van der Waals surface area contributed by atoms with E-state index in [0.29, 0.717) is 5.69 Å². The van der Waals surface area contributed by atoms with Crippen LogP contribution >= 0.6 is 15.9 Å². The number of rotatable bonds is 2. The predicted molar refractivity (Wildman–Crippen MR) is 58.4 cm³/mol. The molecule has 0 saturated carbocycles. The fourth-order valence-corrected chi connectivity index (χ4v) is 0.971. The molecule has 0 aliphatic heterocycles. The van der Waals surface area contributed by atoms with Crippen molar-refractivity contribution in [2.75, 3.05) is 14.1 Å². The summed E-state index contributed by atoms with van der Waals surface area (Å²) >= 11 is 3.24. The molecule has 0 bridgehead atoms. The highest BCUT2D eigenvalue weighted by molar-refractivity contribution is 9.10. The molecule has 0 aliphatic rings. The average Bonchev–Trinajstić information content (AvgIpc) is 2.15. The zero-order valence-electron chi connectivity index (χ0n) is 7.94. The Kier molecular flexibility index (Phi) is 3.76. The Morgan fingerprint density at radius 1 is 1.57 bits per heavy atom. The smallest absolute Gasteiger partial charge is 0.296 e. The van der Waals surface area contributed by atoms with E-state index in [9.17, 15) is 4.79 Å². The lowest BCUT2D eigenvalue weighted by molar-refractivity contribution is 0.0997. The largest absolute Gasteiger partial charge is 0.369 e. The van der Waals surface area contributed by atoms with E-state index in [-0.39, 0.29) is 5.91 Å². The molecule has 0 saturated heterocycles. The maximum absolute atomic E-state index is 11.4. The first-order valence-corrected chi connectivity index (χ1v) is 4.75. The first-order chi connectivity index (χ1) is 6.59. The number of pyridine rings is 1. The van der Waals surface area contributed by atoms with E-state index in [2.05, 4.69) is 25.9 Å². The van der Waals surface area contributed by atoms with E-state index < -0.39 is 0 Å². The van der Waals surface area contributed by atoms with E-state index in [1.165, 1.54) is 6.34 Å². The van der Waals surface area contributed by atoms with Gasteiger partial charge in [-0.2, -0.15) is 4.99 Å². The molecule has 4 nitrogen and oxygen atoms in total. The first-order valence-electron chi connectivity index (χ1n) is 3.96. The predicted octanol–water partition coefficient (Wildman–Crippen LogP) is 1.57. The summed E-state index contributed by atoms with van der Waals surface area (Å²) in [5.41, 5.74) is 0.339. The van der Waals surface area contributed by atoms with Gasteiger partial charge in [-0.1, -0.05) is 0 Å². The number of aromatic nitrogens is 1. The van der Waals surface area contributed by atoms with Gasteiger partial charge in [-0.3, -0.25) is 4.79 Å². The summed E-state index contributed by atoms with van der Waals surface area (Å²) in [5.74, 6) is -0.341. The van der Waals surface area contributed by atoms with Gasteiger partial charge in [-0.25, -0.2) is 4.98 Å². The molecule has 0 N–H and O–H groups in total. The van der Waals surface area contributed by atoms with Crippen LogP contribution in [-0.4, -0.2) is 36.2 Å². The lowest BCUT2D eigenvalue weighted by atomic mass is 10.3. The lowest BCUT2D eigenvalue weighted by Crippen LogP contribution is -2.10. The van der Waals surface area contributed by atoms with Gasteiger partial charge in [0.15, 0.2) is 0 Å². The van der Waals surface area contributed by atoms with Crippen molar-refractivity contribution in [3.8, 4) is 0 Å². The molecule has 0 aliphatic carbocycles. The molecule has 1 aromatic heterocycles. The molecule has 0 spiro atoms. The van der Waals surface area contributed by atoms with Crippen LogP contribution in [0.1, 0.15) is 10.5 Å². The molecule has 74 valence electrons. The molecule has 1 aromatic rings. The number of carbonyl (C=O) groups excluding carboxylic acids is 1. The Hall–Kier alpha value is -1.23. The summed E-state index contributed by atoms with van der Waals surface area (Å²) in [6.07, 6.45) is 3.02. The van der Waals surface area contributed by atoms with E-state index in [0.717, 1.165) is 4.47 Å². The van der Waals surface area contributed by atoms with Gasteiger partial charge in [0.25, 0.3) is 5.91 Å². The fourth-order valence-electron chi connectivity index (χ4n) is 0.736. The Bertz CT molecular complexity index is 346. The first kappa shape index (κ1) is 10.8. The SMILES string of the molecule is CN(C)C=NC(=O)c1ccc(Br)cn1. The lowest BCUT2D eigenvalue weighted by Gasteiger charge is -2.01. The number of amides is 1. The topological polar surface area (TPSA) is 45.6 Å². The molecular formula is C9H10BrN3O. The van der Waals surface area contributed by atoms with E-state index in [1.54, 1.807) is 37.3 Å². The maximum atomic E-state index is 11.4. The zero-order chi connectivity index (χ0) is 10.6. The molecule has 0 unspecified atom stereocenters. The molecule has 5 heteroatoms. The van der Waals surface area contributed by atoms with E-state index in [4.69, 9.17) is 0 Å². The van der Waals surface area contributed by atoms with Gasteiger partial charge in [0.1, 0.15) is 5.69 Å². The van der Waals surface area contributed by atoms with Gasteiger partial charge in [0, 0.05) is 24.8 Å². The van der Waals surface area contributed by atoms with Crippen LogP contribution in [0.2, 0.25) is 0 Å². The van der Waals surface area contributed by atoms with Crippen molar-refractivity contribution < 1.29 is 4.79 Å². The van der Waals surface area contributed by atoms with Crippen molar-refractivity contribution in [1.82, 2.24) is 9.88 Å². The maximum Gasteiger partial charge on any atom is 0.296 e. The highest BCUT2D eigenvalue weighted by Gasteiger charge is 2.03. The minimum atomic E-state index is -0.341. The van der Waals surface area contributed by atoms with Crippen LogP contribution < -0.4 is 0 Å². The van der Waals surface area contributed by atoms with Gasteiger partial charge in [-0.15, -0.1) is 0 Å². The summed E-state index contributed by atoms with van der Waals surface area (Å²) in [4.78, 5) is 20.7. The monoisotopic (exact) mass is 255 g/mol. The third-order valence-corrected chi connectivity index (χ3v) is 1.82. The summed E-state index contributed by atoms with van der Waals surface area (Å²) in [7, 11) is 3.59. The number of carbonyl (C=O) groups is 1. The molecule has 0 atom stereocenters. The molecule has 0 aromatic carbocycles. The number of aliphatic imine (C=N–C) groups is 1.